The number of nitrogens with zero attached hydrogens (tertiary/aromatic N) is 1. The third kappa shape index (κ3) is 2.02. The zero-order valence-corrected chi connectivity index (χ0v) is 8.19. The van der Waals surface area contributed by atoms with E-state index in [2.05, 4.69) is 5.43 Å². The molecule has 1 heterocycles. The molecule has 0 aliphatic carbocycles. The standard InChI is InChI=1S/C8H16N4O2/c1-2-6(8(10)14)12-7(13)3-5(4-9)11-12/h5-6,11H,2-4,9H2,1H3,(H2,10,14). The summed E-state index contributed by atoms with van der Waals surface area (Å²) < 4.78 is 0. The zero-order valence-electron chi connectivity index (χ0n) is 8.19. The minimum absolute atomic E-state index is 0.0732. The molecule has 1 aliphatic rings. The van der Waals surface area contributed by atoms with Crippen LogP contribution in [0.5, 0.6) is 0 Å². The van der Waals surface area contributed by atoms with Crippen molar-refractivity contribution in [2.75, 3.05) is 6.54 Å². The Labute approximate surface area is 82.6 Å². The molecular formula is C8H16N4O2. The molecule has 1 fully saturated rings. The Morgan fingerprint density at radius 1 is 1.79 bits per heavy atom. The smallest absolute Gasteiger partial charge is 0.241 e. The van der Waals surface area contributed by atoms with Crippen LogP contribution in [0.2, 0.25) is 0 Å². The average Bonchev–Trinajstić information content (AvgIpc) is 2.48. The van der Waals surface area contributed by atoms with Crippen LogP contribution in [-0.2, 0) is 9.59 Å². The highest BCUT2D eigenvalue weighted by atomic mass is 16.2. The SMILES string of the molecule is CCC(C(N)=O)N1NC(CN)CC1=O. The highest BCUT2D eigenvalue weighted by molar-refractivity contribution is 5.87. The summed E-state index contributed by atoms with van der Waals surface area (Å²) in [6.07, 6.45) is 0.839. The Kier molecular flexibility index (Phi) is 3.43. The Morgan fingerprint density at radius 2 is 2.43 bits per heavy atom. The van der Waals surface area contributed by atoms with Gasteiger partial charge in [0, 0.05) is 19.0 Å². The van der Waals surface area contributed by atoms with Gasteiger partial charge in [-0.1, -0.05) is 6.92 Å². The van der Waals surface area contributed by atoms with E-state index in [1.807, 2.05) is 0 Å². The van der Waals surface area contributed by atoms with Gasteiger partial charge in [0.05, 0.1) is 0 Å². The molecule has 0 aromatic heterocycles. The minimum Gasteiger partial charge on any atom is -0.368 e. The summed E-state index contributed by atoms with van der Waals surface area (Å²) >= 11 is 0. The maximum atomic E-state index is 11.4. The van der Waals surface area contributed by atoms with E-state index in [0.717, 1.165) is 0 Å². The molecule has 0 aromatic carbocycles. The summed E-state index contributed by atoms with van der Waals surface area (Å²) in [7, 11) is 0. The number of hydrazine groups is 1. The lowest BCUT2D eigenvalue weighted by Gasteiger charge is -2.24. The van der Waals surface area contributed by atoms with Crippen molar-refractivity contribution in [3.63, 3.8) is 0 Å². The highest BCUT2D eigenvalue weighted by Crippen LogP contribution is 2.12. The molecular weight excluding hydrogens is 184 g/mol. The van der Waals surface area contributed by atoms with E-state index in [1.54, 1.807) is 6.92 Å². The maximum Gasteiger partial charge on any atom is 0.241 e. The fourth-order valence-corrected chi connectivity index (χ4v) is 1.53. The van der Waals surface area contributed by atoms with Gasteiger partial charge in [-0.3, -0.25) is 14.6 Å². The van der Waals surface area contributed by atoms with Crippen LogP contribution in [0.15, 0.2) is 0 Å². The van der Waals surface area contributed by atoms with E-state index >= 15 is 0 Å². The van der Waals surface area contributed by atoms with Gasteiger partial charge in [0.1, 0.15) is 6.04 Å². The van der Waals surface area contributed by atoms with Gasteiger partial charge < -0.3 is 11.5 Å². The molecule has 0 bridgehead atoms. The molecule has 0 radical (unpaired) electrons. The van der Waals surface area contributed by atoms with Crippen LogP contribution in [0.4, 0.5) is 0 Å². The monoisotopic (exact) mass is 200 g/mol. The number of nitrogens with two attached hydrogens (primary N) is 2. The molecule has 1 saturated heterocycles. The topological polar surface area (TPSA) is 101 Å². The molecule has 80 valence electrons. The Bertz CT molecular complexity index is 243. The van der Waals surface area contributed by atoms with E-state index in [4.69, 9.17) is 11.5 Å². The van der Waals surface area contributed by atoms with Crippen molar-refractivity contribution in [3.8, 4) is 0 Å². The first-order valence-corrected chi connectivity index (χ1v) is 4.67. The predicted octanol–water partition coefficient (Wildman–Crippen LogP) is -1.69. The number of nitrogens with one attached hydrogen (secondary N) is 1. The van der Waals surface area contributed by atoms with E-state index < -0.39 is 11.9 Å². The first kappa shape index (κ1) is 10.9. The largest absolute Gasteiger partial charge is 0.368 e. The summed E-state index contributed by atoms with van der Waals surface area (Å²) in [5.41, 5.74) is 13.5. The van der Waals surface area contributed by atoms with Gasteiger partial charge in [-0.2, -0.15) is 0 Å². The second-order valence-corrected chi connectivity index (χ2v) is 3.36. The quantitative estimate of drug-likeness (QED) is 0.504. The molecule has 2 atom stereocenters. The van der Waals surface area contributed by atoms with Crippen molar-refractivity contribution in [2.45, 2.75) is 31.8 Å². The average molecular weight is 200 g/mol. The minimum atomic E-state index is -0.570. The number of carbonyl (C=O) groups is 2. The molecule has 0 saturated carbocycles. The van der Waals surface area contributed by atoms with Gasteiger partial charge in [-0.05, 0) is 6.42 Å². The predicted molar refractivity (Wildman–Crippen MR) is 50.7 cm³/mol. The van der Waals surface area contributed by atoms with Crippen LogP contribution >= 0.6 is 0 Å². The van der Waals surface area contributed by atoms with Crippen LogP contribution in [0.25, 0.3) is 0 Å². The number of hydrogen-bond acceptors (Lipinski definition) is 4. The Balaban J connectivity index is 2.68. The van der Waals surface area contributed by atoms with Crippen molar-refractivity contribution in [1.82, 2.24) is 10.4 Å². The van der Waals surface area contributed by atoms with Crippen molar-refractivity contribution in [1.29, 1.82) is 0 Å². The molecule has 6 heteroatoms. The molecule has 0 aromatic rings. The van der Waals surface area contributed by atoms with Crippen molar-refractivity contribution in [2.24, 2.45) is 11.5 Å². The van der Waals surface area contributed by atoms with Gasteiger partial charge in [-0.15, -0.1) is 0 Å². The van der Waals surface area contributed by atoms with E-state index in [9.17, 15) is 9.59 Å². The van der Waals surface area contributed by atoms with Gasteiger partial charge >= 0.3 is 0 Å². The van der Waals surface area contributed by atoms with E-state index in [-0.39, 0.29) is 11.9 Å². The Morgan fingerprint density at radius 3 is 2.79 bits per heavy atom. The van der Waals surface area contributed by atoms with Gasteiger partial charge in [0.2, 0.25) is 11.8 Å². The third-order valence-electron chi connectivity index (χ3n) is 2.32. The maximum absolute atomic E-state index is 11.4. The number of primary amides is 1. The van der Waals surface area contributed by atoms with Gasteiger partial charge in [0.25, 0.3) is 0 Å². The van der Waals surface area contributed by atoms with Crippen LogP contribution in [-0.4, -0.2) is 35.5 Å². The van der Waals surface area contributed by atoms with Crippen LogP contribution in [0.3, 0.4) is 0 Å². The molecule has 0 spiro atoms. The van der Waals surface area contributed by atoms with E-state index in [0.29, 0.717) is 19.4 Å². The molecule has 14 heavy (non-hydrogen) atoms. The molecule has 5 N–H and O–H groups in total. The molecule has 6 nitrogen and oxygen atoms in total. The van der Waals surface area contributed by atoms with Crippen molar-refractivity contribution in [3.05, 3.63) is 0 Å². The Hall–Kier alpha value is -1.14. The highest BCUT2D eigenvalue weighted by Gasteiger charge is 2.34. The lowest BCUT2D eigenvalue weighted by Crippen LogP contribution is -2.51. The number of hydrogen-bond donors (Lipinski definition) is 3. The summed E-state index contributed by atoms with van der Waals surface area (Å²) in [4.78, 5) is 22.5. The fourth-order valence-electron chi connectivity index (χ4n) is 1.53. The lowest BCUT2D eigenvalue weighted by atomic mass is 10.2. The van der Waals surface area contributed by atoms with Crippen LogP contribution < -0.4 is 16.9 Å². The zero-order chi connectivity index (χ0) is 10.7. The second-order valence-electron chi connectivity index (χ2n) is 3.36. The summed E-state index contributed by atoms with van der Waals surface area (Å²) in [5.74, 6) is -0.614. The van der Waals surface area contributed by atoms with Crippen LogP contribution in [0, 0.1) is 0 Å². The number of carbonyl (C=O) groups excluding carboxylic acids is 2. The molecule has 1 aliphatic heterocycles. The van der Waals surface area contributed by atoms with Crippen molar-refractivity contribution >= 4 is 11.8 Å². The normalized spacial score (nSPS) is 24.0. The molecule has 2 amide bonds. The molecule has 1 rings (SSSR count). The fraction of sp³-hybridized carbons (Fsp3) is 0.750. The summed E-state index contributed by atoms with van der Waals surface area (Å²) in [6, 6.07) is -0.644. The first-order chi connectivity index (χ1) is 6.60. The molecule has 2 unspecified atom stereocenters. The van der Waals surface area contributed by atoms with Crippen LogP contribution in [0.1, 0.15) is 19.8 Å². The number of rotatable bonds is 4. The lowest BCUT2D eigenvalue weighted by molar-refractivity contribution is -0.138. The third-order valence-corrected chi connectivity index (χ3v) is 2.32. The van der Waals surface area contributed by atoms with E-state index in [1.165, 1.54) is 5.01 Å². The second kappa shape index (κ2) is 4.39. The number of amides is 2. The first-order valence-electron chi connectivity index (χ1n) is 4.67. The van der Waals surface area contributed by atoms with Crippen molar-refractivity contribution < 1.29 is 9.59 Å². The summed E-state index contributed by atoms with van der Waals surface area (Å²) in [5, 5.41) is 1.31. The van der Waals surface area contributed by atoms with Gasteiger partial charge in [0.15, 0.2) is 0 Å². The summed E-state index contributed by atoms with van der Waals surface area (Å²) in [6.45, 7) is 2.18. The van der Waals surface area contributed by atoms with Gasteiger partial charge in [-0.25, -0.2) is 5.43 Å².